The molecule has 0 bridgehead atoms. The molecule has 4 heteroatoms. The third kappa shape index (κ3) is 6.71. The Morgan fingerprint density at radius 1 is 1.20 bits per heavy atom. The summed E-state index contributed by atoms with van der Waals surface area (Å²) in [5.41, 5.74) is 1.17. The lowest BCUT2D eigenvalue weighted by Crippen LogP contribution is -2.39. The molecule has 20 heavy (non-hydrogen) atoms. The predicted molar refractivity (Wildman–Crippen MR) is 84.4 cm³/mol. The number of nitrogens with one attached hydrogen (secondary N) is 1. The molecule has 0 aliphatic carbocycles. The summed E-state index contributed by atoms with van der Waals surface area (Å²) in [7, 11) is 1.69. The molecular formula is C16H26ClNO2. The first-order valence-corrected chi connectivity index (χ1v) is 7.34. The van der Waals surface area contributed by atoms with Gasteiger partial charge >= 0.3 is 0 Å². The first-order valence-electron chi connectivity index (χ1n) is 6.96. The van der Waals surface area contributed by atoms with Crippen LogP contribution in [0.4, 0.5) is 0 Å². The van der Waals surface area contributed by atoms with Crippen LogP contribution in [-0.2, 0) is 9.47 Å². The van der Waals surface area contributed by atoms with Crippen LogP contribution < -0.4 is 5.32 Å². The molecule has 0 saturated carbocycles. The number of benzene rings is 1. The summed E-state index contributed by atoms with van der Waals surface area (Å²) in [5, 5.41) is 4.22. The molecule has 1 rings (SSSR count). The average Bonchev–Trinajstić information content (AvgIpc) is 2.35. The number of rotatable bonds is 7. The largest absolute Gasteiger partial charge is 0.382 e. The summed E-state index contributed by atoms with van der Waals surface area (Å²) in [6, 6.07) is 7.81. The molecule has 0 radical (unpaired) electrons. The van der Waals surface area contributed by atoms with E-state index in [1.165, 1.54) is 0 Å². The number of ether oxygens (including phenoxy) is 2. The molecule has 0 aliphatic heterocycles. The lowest BCUT2D eigenvalue weighted by atomic mass is 10.1. The Morgan fingerprint density at radius 3 is 2.30 bits per heavy atom. The van der Waals surface area contributed by atoms with Gasteiger partial charge in [-0.1, -0.05) is 23.7 Å². The molecule has 0 fully saturated rings. The zero-order valence-corrected chi connectivity index (χ0v) is 13.8. The van der Waals surface area contributed by atoms with E-state index in [1.807, 2.05) is 31.2 Å². The second-order valence-electron chi connectivity index (χ2n) is 6.07. The molecular weight excluding hydrogens is 274 g/mol. The fourth-order valence-electron chi connectivity index (χ4n) is 1.88. The highest BCUT2D eigenvalue weighted by Gasteiger charge is 2.18. The topological polar surface area (TPSA) is 30.5 Å². The van der Waals surface area contributed by atoms with Crippen molar-refractivity contribution in [2.75, 3.05) is 20.3 Å². The van der Waals surface area contributed by atoms with Crippen LogP contribution in [0.2, 0.25) is 5.02 Å². The van der Waals surface area contributed by atoms with Gasteiger partial charge in [0.25, 0.3) is 0 Å². The molecule has 2 atom stereocenters. The van der Waals surface area contributed by atoms with Crippen LogP contribution in [0.25, 0.3) is 0 Å². The maximum Gasteiger partial charge on any atom is 0.0954 e. The summed E-state index contributed by atoms with van der Waals surface area (Å²) in [5.74, 6) is 0. The van der Waals surface area contributed by atoms with Gasteiger partial charge in [-0.05, 0) is 45.4 Å². The van der Waals surface area contributed by atoms with Gasteiger partial charge in [-0.2, -0.15) is 0 Å². The normalized spacial score (nSPS) is 15.1. The van der Waals surface area contributed by atoms with Gasteiger partial charge in [0.1, 0.15) is 0 Å². The van der Waals surface area contributed by atoms with Crippen molar-refractivity contribution in [3.63, 3.8) is 0 Å². The molecule has 1 aromatic rings. The van der Waals surface area contributed by atoms with Crippen LogP contribution in [0.1, 0.15) is 39.4 Å². The molecule has 3 nitrogen and oxygen atoms in total. The summed E-state index contributed by atoms with van der Waals surface area (Å²) in [4.78, 5) is 0. The van der Waals surface area contributed by atoms with Crippen molar-refractivity contribution < 1.29 is 9.47 Å². The first kappa shape index (κ1) is 17.4. The van der Waals surface area contributed by atoms with Crippen molar-refractivity contribution in [2.45, 2.75) is 45.4 Å². The molecule has 0 saturated heterocycles. The number of halogens is 1. The van der Waals surface area contributed by atoms with Crippen molar-refractivity contribution in [1.82, 2.24) is 5.32 Å². The fraction of sp³-hybridized carbons (Fsp3) is 0.625. The lowest BCUT2D eigenvalue weighted by Gasteiger charge is -2.28. The van der Waals surface area contributed by atoms with E-state index in [4.69, 9.17) is 21.1 Å². The van der Waals surface area contributed by atoms with Crippen molar-refractivity contribution >= 4 is 11.6 Å². The first-order chi connectivity index (χ1) is 9.31. The molecule has 114 valence electrons. The molecule has 0 spiro atoms. The van der Waals surface area contributed by atoms with Crippen molar-refractivity contribution in [3.8, 4) is 0 Å². The molecule has 0 heterocycles. The van der Waals surface area contributed by atoms with Gasteiger partial charge in [-0.15, -0.1) is 0 Å². The zero-order chi connectivity index (χ0) is 15.2. The third-order valence-electron chi connectivity index (χ3n) is 2.86. The number of hydrogen-bond donors (Lipinski definition) is 1. The summed E-state index contributed by atoms with van der Waals surface area (Å²) in [6.45, 7) is 9.78. The molecule has 0 amide bonds. The van der Waals surface area contributed by atoms with E-state index in [0.29, 0.717) is 6.61 Å². The lowest BCUT2D eigenvalue weighted by molar-refractivity contribution is -0.0411. The van der Waals surface area contributed by atoms with Crippen LogP contribution in [0, 0.1) is 0 Å². The Hall–Kier alpha value is -0.610. The van der Waals surface area contributed by atoms with Gasteiger partial charge in [0.15, 0.2) is 0 Å². The Morgan fingerprint density at radius 2 is 1.80 bits per heavy atom. The van der Waals surface area contributed by atoms with E-state index in [2.05, 4.69) is 26.1 Å². The standard InChI is InChI=1S/C16H26ClNO2/c1-12(11-19-5)20-15(10-18-16(2,3)4)13-6-8-14(17)9-7-13/h6-9,12,15,18H,10-11H2,1-5H3. The van der Waals surface area contributed by atoms with Gasteiger partial charge < -0.3 is 14.8 Å². The van der Waals surface area contributed by atoms with E-state index in [0.717, 1.165) is 17.1 Å². The monoisotopic (exact) mass is 299 g/mol. The van der Waals surface area contributed by atoms with Gasteiger partial charge in [0.2, 0.25) is 0 Å². The highest BCUT2D eigenvalue weighted by Crippen LogP contribution is 2.21. The van der Waals surface area contributed by atoms with E-state index in [9.17, 15) is 0 Å². The van der Waals surface area contributed by atoms with Crippen molar-refractivity contribution in [2.24, 2.45) is 0 Å². The quantitative estimate of drug-likeness (QED) is 0.830. The average molecular weight is 300 g/mol. The minimum atomic E-state index is -0.0170. The molecule has 2 unspecified atom stereocenters. The number of hydrogen-bond acceptors (Lipinski definition) is 3. The second-order valence-corrected chi connectivity index (χ2v) is 6.51. The van der Waals surface area contributed by atoms with Crippen LogP contribution >= 0.6 is 11.6 Å². The molecule has 0 aliphatic rings. The minimum Gasteiger partial charge on any atom is -0.382 e. The number of methoxy groups -OCH3 is 1. The minimum absolute atomic E-state index is 0.0170. The van der Waals surface area contributed by atoms with Gasteiger partial charge in [0, 0.05) is 24.2 Å². The Balaban J connectivity index is 2.75. The van der Waals surface area contributed by atoms with Crippen molar-refractivity contribution in [3.05, 3.63) is 34.9 Å². The molecule has 1 N–H and O–H groups in total. The van der Waals surface area contributed by atoms with E-state index >= 15 is 0 Å². The predicted octanol–water partition coefficient (Wildman–Crippen LogP) is 3.82. The van der Waals surface area contributed by atoms with Crippen LogP contribution in [0.3, 0.4) is 0 Å². The van der Waals surface area contributed by atoms with Crippen LogP contribution in [0.5, 0.6) is 0 Å². The summed E-state index contributed by atoms with van der Waals surface area (Å²) < 4.78 is 11.2. The SMILES string of the molecule is COCC(C)OC(CNC(C)(C)C)c1ccc(Cl)cc1. The van der Waals surface area contributed by atoms with Gasteiger partial charge in [-0.3, -0.25) is 0 Å². The van der Waals surface area contributed by atoms with Gasteiger partial charge in [0.05, 0.1) is 18.8 Å². The smallest absolute Gasteiger partial charge is 0.0954 e. The fourth-order valence-corrected chi connectivity index (χ4v) is 2.00. The Kier molecular flexibility index (Phi) is 6.96. The van der Waals surface area contributed by atoms with E-state index in [-0.39, 0.29) is 17.7 Å². The third-order valence-corrected chi connectivity index (χ3v) is 3.11. The summed E-state index contributed by atoms with van der Waals surface area (Å²) >= 11 is 5.95. The maximum atomic E-state index is 6.08. The zero-order valence-electron chi connectivity index (χ0n) is 13.1. The van der Waals surface area contributed by atoms with E-state index < -0.39 is 0 Å². The van der Waals surface area contributed by atoms with Crippen molar-refractivity contribution in [1.29, 1.82) is 0 Å². The maximum absolute atomic E-state index is 6.08. The molecule has 1 aromatic carbocycles. The highest BCUT2D eigenvalue weighted by atomic mass is 35.5. The Bertz CT molecular complexity index is 386. The Labute approximate surface area is 127 Å². The van der Waals surface area contributed by atoms with E-state index in [1.54, 1.807) is 7.11 Å². The van der Waals surface area contributed by atoms with Gasteiger partial charge in [-0.25, -0.2) is 0 Å². The molecule has 0 aromatic heterocycles. The second kappa shape index (κ2) is 7.99. The van der Waals surface area contributed by atoms with Crippen LogP contribution in [0.15, 0.2) is 24.3 Å². The summed E-state index contributed by atoms with van der Waals surface area (Å²) in [6.07, 6.45) is 0.0269. The van der Waals surface area contributed by atoms with Crippen LogP contribution in [-0.4, -0.2) is 31.9 Å². The highest BCUT2D eigenvalue weighted by molar-refractivity contribution is 6.30.